The lowest BCUT2D eigenvalue weighted by atomic mass is 9.47. The third-order valence-electron chi connectivity index (χ3n) is 12.5. The molecule has 0 bridgehead atoms. The van der Waals surface area contributed by atoms with Crippen LogP contribution >= 0.6 is 0 Å². The van der Waals surface area contributed by atoms with Crippen LogP contribution in [0.25, 0.3) is 0 Å². The Kier molecular flexibility index (Phi) is 9.18. The van der Waals surface area contributed by atoms with Crippen LogP contribution in [0.5, 0.6) is 0 Å². The summed E-state index contributed by atoms with van der Waals surface area (Å²) < 4.78 is 12.4. The highest BCUT2D eigenvalue weighted by Crippen LogP contribution is 2.67. The first-order chi connectivity index (χ1) is 20.0. The van der Waals surface area contributed by atoms with Gasteiger partial charge in [0.25, 0.3) is 0 Å². The number of fused-ring (bicyclic) bond motifs is 5. The minimum absolute atomic E-state index is 0.0472. The lowest BCUT2D eigenvalue weighted by Gasteiger charge is -2.57. The summed E-state index contributed by atoms with van der Waals surface area (Å²) in [6.07, 6.45) is 2.82. The van der Waals surface area contributed by atoms with E-state index in [1.807, 2.05) is 13.0 Å². The zero-order valence-electron chi connectivity index (χ0n) is 26.6. The third-order valence-corrected chi connectivity index (χ3v) is 12.5. The molecule has 1 saturated heterocycles. The van der Waals surface area contributed by atoms with Crippen LogP contribution in [0.2, 0.25) is 0 Å². The Hall–Kier alpha value is -1.17. The summed E-state index contributed by atoms with van der Waals surface area (Å²) in [6, 6.07) is 0. The van der Waals surface area contributed by atoms with Crippen molar-refractivity contribution in [3.63, 3.8) is 0 Å². The van der Waals surface area contributed by atoms with E-state index in [0.29, 0.717) is 19.3 Å². The second kappa shape index (κ2) is 11.9. The summed E-state index contributed by atoms with van der Waals surface area (Å²) in [5, 5.41) is 62.4. The molecule has 0 amide bonds. The fourth-order valence-electron chi connectivity index (χ4n) is 9.43. The molecule has 5 aliphatic rings. The maximum absolute atomic E-state index is 13.7. The fraction of sp³-hybridized carbons (Fsp3) is 0.853. The van der Waals surface area contributed by atoms with Crippen molar-refractivity contribution in [3.8, 4) is 0 Å². The van der Waals surface area contributed by atoms with Gasteiger partial charge in [0.1, 0.15) is 24.4 Å². The number of allylic oxidation sites excluding steroid dienone is 2. The van der Waals surface area contributed by atoms with E-state index in [-0.39, 0.29) is 52.1 Å². The molecule has 0 aromatic rings. The van der Waals surface area contributed by atoms with Crippen LogP contribution in [0, 0.1) is 46.3 Å². The zero-order chi connectivity index (χ0) is 31.6. The summed E-state index contributed by atoms with van der Waals surface area (Å²) in [5.74, 6) is 0.134. The van der Waals surface area contributed by atoms with E-state index in [9.17, 15) is 35.4 Å². The number of ether oxygens (including phenoxy) is 2. The van der Waals surface area contributed by atoms with Gasteiger partial charge in [0.05, 0.1) is 24.4 Å². The van der Waals surface area contributed by atoms with Crippen molar-refractivity contribution in [2.75, 3.05) is 6.61 Å². The molecule has 15 atom stereocenters. The van der Waals surface area contributed by atoms with Crippen LogP contribution in [0.15, 0.2) is 23.8 Å². The number of carbonyl (C=O) groups excluding carboxylic acids is 1. The molecule has 5 rings (SSSR count). The second-order valence-corrected chi connectivity index (χ2v) is 15.5. The number of aliphatic hydroxyl groups is 6. The number of aliphatic hydroxyl groups excluding tert-OH is 5. The maximum Gasteiger partial charge on any atom is 0.186 e. The highest BCUT2D eigenvalue weighted by atomic mass is 16.7. The van der Waals surface area contributed by atoms with Crippen LogP contribution in [-0.2, 0) is 14.3 Å². The van der Waals surface area contributed by atoms with Crippen LogP contribution in [0.1, 0.15) is 80.1 Å². The van der Waals surface area contributed by atoms with Gasteiger partial charge in [0.15, 0.2) is 12.1 Å². The Morgan fingerprint density at radius 2 is 1.67 bits per heavy atom. The van der Waals surface area contributed by atoms with Crippen molar-refractivity contribution in [2.45, 2.75) is 129 Å². The lowest BCUT2D eigenvalue weighted by molar-refractivity contribution is -0.314. The molecule has 6 N–H and O–H groups in total. The highest BCUT2D eigenvalue weighted by molar-refractivity contribution is 5.94. The average Bonchev–Trinajstić information content (AvgIpc) is 3.24. The number of hydrogen-bond acceptors (Lipinski definition) is 9. The summed E-state index contributed by atoms with van der Waals surface area (Å²) >= 11 is 0. The van der Waals surface area contributed by atoms with Gasteiger partial charge in [-0.1, -0.05) is 45.4 Å². The fourth-order valence-corrected chi connectivity index (χ4v) is 9.43. The molecule has 0 aromatic carbocycles. The molecule has 9 heteroatoms. The molecule has 0 unspecified atom stereocenters. The Balaban J connectivity index is 1.51. The van der Waals surface area contributed by atoms with Crippen LogP contribution in [0.4, 0.5) is 0 Å². The molecule has 0 aromatic heterocycles. The van der Waals surface area contributed by atoms with Crippen molar-refractivity contribution in [2.24, 2.45) is 46.3 Å². The molecule has 1 aliphatic heterocycles. The minimum Gasteiger partial charge on any atom is -0.394 e. The number of hydrogen-bond donors (Lipinski definition) is 6. The van der Waals surface area contributed by atoms with Crippen molar-refractivity contribution in [1.82, 2.24) is 0 Å². The van der Waals surface area contributed by atoms with Gasteiger partial charge >= 0.3 is 0 Å². The second-order valence-electron chi connectivity index (χ2n) is 15.5. The van der Waals surface area contributed by atoms with E-state index < -0.39 is 55.1 Å². The van der Waals surface area contributed by atoms with E-state index in [2.05, 4.69) is 32.9 Å². The molecule has 0 spiro atoms. The Labute approximate surface area is 256 Å². The largest absolute Gasteiger partial charge is 0.394 e. The molecule has 43 heavy (non-hydrogen) atoms. The maximum atomic E-state index is 13.7. The normalized spacial score (nSPS) is 48.3. The van der Waals surface area contributed by atoms with Gasteiger partial charge in [0.2, 0.25) is 0 Å². The first-order valence-corrected chi connectivity index (χ1v) is 16.3. The van der Waals surface area contributed by atoms with E-state index in [1.54, 1.807) is 13.8 Å². The molecular formula is C34H54O9. The molecule has 9 nitrogen and oxygen atoms in total. The standard InChI is InChI=1S/C34H54O9/c1-17(7-8-18(2)32(3,4)41)22-15-25(42-31-30(40)29(39)28(38)26(16-35)43-31)27-20-14-24(37)23-13-19(36)9-11-33(23,5)21(20)10-12-34(22,27)6/h7-8,14,17-19,21-23,25-31,35-36,38-41H,9-13,15-16H2,1-6H3/b8-7+/t17-,18+,19+,21+,22-,23-,25+,26-,27-,28-,29+,30-,31-,33-,34-/m1/s1. The zero-order valence-corrected chi connectivity index (χ0v) is 26.6. The smallest absolute Gasteiger partial charge is 0.186 e. The van der Waals surface area contributed by atoms with Gasteiger partial charge in [-0.3, -0.25) is 4.79 Å². The van der Waals surface area contributed by atoms with Gasteiger partial charge in [-0.05, 0) is 87.0 Å². The van der Waals surface area contributed by atoms with E-state index in [4.69, 9.17) is 9.47 Å². The van der Waals surface area contributed by atoms with Gasteiger partial charge in [0, 0.05) is 17.8 Å². The summed E-state index contributed by atoms with van der Waals surface area (Å²) in [5.41, 5.74) is -0.244. The van der Waals surface area contributed by atoms with Crippen molar-refractivity contribution >= 4 is 5.78 Å². The van der Waals surface area contributed by atoms with Crippen LogP contribution in [0.3, 0.4) is 0 Å². The molecule has 0 radical (unpaired) electrons. The Morgan fingerprint density at radius 3 is 2.33 bits per heavy atom. The molecule has 4 aliphatic carbocycles. The van der Waals surface area contributed by atoms with Gasteiger partial charge in [-0.25, -0.2) is 0 Å². The van der Waals surface area contributed by atoms with E-state index in [0.717, 1.165) is 24.8 Å². The van der Waals surface area contributed by atoms with Crippen LogP contribution in [-0.4, -0.2) is 91.5 Å². The molecule has 4 fully saturated rings. The average molecular weight is 607 g/mol. The SMILES string of the molecule is C[C@H](/C=C/[C@H](C)C(C)(C)O)[C@H]1C[C@H](O[C@@H]2O[C@H](CO)[C@@H](O)[C@H](O)[C@H]2O)[C@H]2C3=CC(=O)[C@H]4C[C@@H](O)CC[C@]4(C)[C@H]3CC[C@]12C. The van der Waals surface area contributed by atoms with Gasteiger partial charge < -0.3 is 40.1 Å². The van der Waals surface area contributed by atoms with Crippen molar-refractivity contribution < 1.29 is 44.9 Å². The van der Waals surface area contributed by atoms with Gasteiger partial charge in [-0.15, -0.1) is 0 Å². The predicted molar refractivity (Wildman–Crippen MR) is 159 cm³/mol. The lowest BCUT2D eigenvalue weighted by Crippen LogP contribution is -2.60. The quantitative estimate of drug-likeness (QED) is 0.240. The number of carbonyl (C=O) groups is 1. The number of rotatable bonds is 7. The molecule has 1 heterocycles. The first-order valence-electron chi connectivity index (χ1n) is 16.3. The summed E-state index contributed by atoms with van der Waals surface area (Å²) in [4.78, 5) is 13.7. The van der Waals surface area contributed by atoms with E-state index >= 15 is 0 Å². The van der Waals surface area contributed by atoms with E-state index in [1.165, 1.54) is 0 Å². The van der Waals surface area contributed by atoms with Crippen molar-refractivity contribution in [1.29, 1.82) is 0 Å². The van der Waals surface area contributed by atoms with Crippen molar-refractivity contribution in [3.05, 3.63) is 23.8 Å². The topological polar surface area (TPSA) is 157 Å². The predicted octanol–water partition coefficient (Wildman–Crippen LogP) is 2.50. The highest BCUT2D eigenvalue weighted by Gasteiger charge is 2.63. The monoisotopic (exact) mass is 606 g/mol. The first kappa shape index (κ1) is 33.2. The minimum atomic E-state index is -1.53. The molecular weight excluding hydrogens is 552 g/mol. The Bertz CT molecular complexity index is 1100. The van der Waals surface area contributed by atoms with Crippen LogP contribution < -0.4 is 0 Å². The third kappa shape index (κ3) is 5.71. The summed E-state index contributed by atoms with van der Waals surface area (Å²) in [6.45, 7) is 11.7. The Morgan fingerprint density at radius 1 is 1.00 bits per heavy atom. The number of ketones is 1. The molecule has 3 saturated carbocycles. The van der Waals surface area contributed by atoms with Gasteiger partial charge in [-0.2, -0.15) is 0 Å². The molecule has 244 valence electrons. The summed E-state index contributed by atoms with van der Waals surface area (Å²) in [7, 11) is 0.